The standard InChI is InChI=1S/C30H43N5O3/c1-21(2)32-25-9-8-13-31-27(25)34-14-16-35(17-15-34)28(36)26-20-22-19-23(10-11-24(22)33-26)38-30(6,7)12-18-37-29(3,4)5/h8-11,13,19-21,32-33H,12,14-18H2,1-7H3. The third-order valence-electron chi connectivity index (χ3n) is 6.55. The third kappa shape index (κ3) is 7.19. The molecule has 0 aliphatic carbocycles. The molecule has 4 rings (SSSR count). The normalized spacial score (nSPS) is 14.8. The van der Waals surface area contributed by atoms with E-state index in [4.69, 9.17) is 9.47 Å². The zero-order valence-electron chi connectivity index (χ0n) is 23.9. The number of piperazine rings is 1. The first-order chi connectivity index (χ1) is 17.9. The average Bonchev–Trinajstić information content (AvgIpc) is 3.26. The van der Waals surface area contributed by atoms with E-state index in [1.165, 1.54) is 0 Å². The molecule has 0 bridgehead atoms. The number of hydrogen-bond donors (Lipinski definition) is 2. The number of H-pyrrole nitrogens is 1. The fraction of sp³-hybridized carbons (Fsp3) is 0.533. The van der Waals surface area contributed by atoms with Crippen LogP contribution in [0.4, 0.5) is 11.5 Å². The number of anilines is 2. The molecule has 1 aliphatic rings. The highest BCUT2D eigenvalue weighted by Crippen LogP contribution is 2.28. The van der Waals surface area contributed by atoms with Gasteiger partial charge < -0.3 is 29.6 Å². The molecule has 1 fully saturated rings. The number of nitrogens with zero attached hydrogens (tertiary/aromatic N) is 3. The van der Waals surface area contributed by atoms with E-state index < -0.39 is 0 Å². The molecule has 3 aromatic rings. The lowest BCUT2D eigenvalue weighted by molar-refractivity contribution is -0.0292. The summed E-state index contributed by atoms with van der Waals surface area (Å²) in [6.45, 7) is 17.9. The van der Waals surface area contributed by atoms with Crippen molar-refractivity contribution in [2.24, 2.45) is 0 Å². The maximum Gasteiger partial charge on any atom is 0.270 e. The Morgan fingerprint density at radius 2 is 1.82 bits per heavy atom. The van der Waals surface area contributed by atoms with Gasteiger partial charge in [0.15, 0.2) is 5.82 Å². The van der Waals surface area contributed by atoms with Crippen molar-refractivity contribution in [2.45, 2.75) is 72.1 Å². The fourth-order valence-electron chi connectivity index (χ4n) is 4.63. The zero-order valence-corrected chi connectivity index (χ0v) is 23.9. The summed E-state index contributed by atoms with van der Waals surface area (Å²) in [7, 11) is 0. The largest absolute Gasteiger partial charge is 0.488 e. The molecule has 8 heteroatoms. The number of hydrogen-bond acceptors (Lipinski definition) is 6. The molecular weight excluding hydrogens is 478 g/mol. The van der Waals surface area contributed by atoms with Crippen LogP contribution in [-0.2, 0) is 4.74 Å². The first-order valence-corrected chi connectivity index (χ1v) is 13.6. The van der Waals surface area contributed by atoms with Gasteiger partial charge in [-0.25, -0.2) is 4.98 Å². The number of carbonyl (C=O) groups excluding carboxylic acids is 1. The molecule has 0 atom stereocenters. The van der Waals surface area contributed by atoms with Gasteiger partial charge in [0, 0.05) is 55.7 Å². The van der Waals surface area contributed by atoms with E-state index in [0.717, 1.165) is 47.7 Å². The highest BCUT2D eigenvalue weighted by Gasteiger charge is 2.26. The van der Waals surface area contributed by atoms with E-state index in [-0.39, 0.29) is 17.1 Å². The van der Waals surface area contributed by atoms with E-state index >= 15 is 0 Å². The second-order valence-electron chi connectivity index (χ2n) is 12.0. The first-order valence-electron chi connectivity index (χ1n) is 13.6. The number of benzene rings is 1. The van der Waals surface area contributed by atoms with Crippen LogP contribution >= 0.6 is 0 Å². The molecular formula is C30H43N5O3. The van der Waals surface area contributed by atoms with Gasteiger partial charge in [-0.2, -0.15) is 0 Å². The number of fused-ring (bicyclic) bond motifs is 1. The Hall–Kier alpha value is -3.26. The Bertz CT molecular complexity index is 1240. The number of rotatable bonds is 9. The summed E-state index contributed by atoms with van der Waals surface area (Å²) in [6.07, 6.45) is 2.60. The molecule has 1 saturated heterocycles. The van der Waals surface area contributed by atoms with Gasteiger partial charge in [0.25, 0.3) is 5.91 Å². The first kappa shape index (κ1) is 27.8. The van der Waals surface area contributed by atoms with E-state index in [2.05, 4.69) is 74.7 Å². The van der Waals surface area contributed by atoms with Gasteiger partial charge in [-0.15, -0.1) is 0 Å². The molecule has 0 radical (unpaired) electrons. The molecule has 206 valence electrons. The third-order valence-corrected chi connectivity index (χ3v) is 6.55. The van der Waals surface area contributed by atoms with E-state index in [1.54, 1.807) is 0 Å². The fourth-order valence-corrected chi connectivity index (χ4v) is 4.63. The Morgan fingerprint density at radius 1 is 1.08 bits per heavy atom. The molecule has 8 nitrogen and oxygen atoms in total. The summed E-state index contributed by atoms with van der Waals surface area (Å²) in [4.78, 5) is 25.4. The summed E-state index contributed by atoms with van der Waals surface area (Å²) in [5.74, 6) is 1.75. The molecule has 3 heterocycles. The molecule has 1 amide bonds. The molecule has 38 heavy (non-hydrogen) atoms. The van der Waals surface area contributed by atoms with Crippen LogP contribution in [0.2, 0.25) is 0 Å². The Morgan fingerprint density at radius 3 is 2.50 bits per heavy atom. The lowest BCUT2D eigenvalue weighted by atomic mass is 10.1. The highest BCUT2D eigenvalue weighted by atomic mass is 16.5. The van der Waals surface area contributed by atoms with Gasteiger partial charge in [-0.05, 0) is 84.9 Å². The van der Waals surface area contributed by atoms with E-state index in [0.29, 0.717) is 31.4 Å². The zero-order chi connectivity index (χ0) is 27.5. The van der Waals surface area contributed by atoms with Gasteiger partial charge in [0.1, 0.15) is 17.0 Å². The smallest absolute Gasteiger partial charge is 0.270 e. The van der Waals surface area contributed by atoms with Crippen LogP contribution in [0.3, 0.4) is 0 Å². The van der Waals surface area contributed by atoms with E-state index in [1.807, 2.05) is 41.4 Å². The van der Waals surface area contributed by atoms with Crippen molar-refractivity contribution in [1.82, 2.24) is 14.9 Å². The second-order valence-corrected chi connectivity index (χ2v) is 12.0. The van der Waals surface area contributed by atoms with Crippen LogP contribution < -0.4 is 15.0 Å². The number of aromatic amines is 1. The molecule has 0 saturated carbocycles. The Kier molecular flexibility index (Phi) is 8.21. The van der Waals surface area contributed by atoms with Crippen molar-refractivity contribution in [3.63, 3.8) is 0 Å². The second kappa shape index (κ2) is 11.2. The van der Waals surface area contributed by atoms with Crippen LogP contribution in [0.5, 0.6) is 5.75 Å². The van der Waals surface area contributed by atoms with Crippen LogP contribution in [0, 0.1) is 0 Å². The van der Waals surface area contributed by atoms with Crippen molar-refractivity contribution in [1.29, 1.82) is 0 Å². The number of nitrogens with one attached hydrogen (secondary N) is 2. The van der Waals surface area contributed by atoms with Crippen LogP contribution in [0.15, 0.2) is 42.6 Å². The number of carbonyl (C=O) groups is 1. The van der Waals surface area contributed by atoms with Crippen LogP contribution in [0.1, 0.15) is 65.4 Å². The summed E-state index contributed by atoms with van der Waals surface area (Å²) in [6, 6.07) is 12.2. The average molecular weight is 522 g/mol. The van der Waals surface area contributed by atoms with Gasteiger partial charge in [0.05, 0.1) is 17.9 Å². The van der Waals surface area contributed by atoms with Crippen molar-refractivity contribution in [3.8, 4) is 5.75 Å². The van der Waals surface area contributed by atoms with Gasteiger partial charge in [-0.1, -0.05) is 0 Å². The molecule has 2 N–H and O–H groups in total. The van der Waals surface area contributed by atoms with Gasteiger partial charge in [0.2, 0.25) is 0 Å². The van der Waals surface area contributed by atoms with Crippen molar-refractivity contribution >= 4 is 28.3 Å². The maximum absolute atomic E-state index is 13.3. The van der Waals surface area contributed by atoms with E-state index in [9.17, 15) is 4.79 Å². The van der Waals surface area contributed by atoms with Crippen LogP contribution in [-0.4, -0.2) is 70.8 Å². The molecule has 2 aromatic heterocycles. The van der Waals surface area contributed by atoms with Crippen molar-refractivity contribution in [2.75, 3.05) is 43.0 Å². The Balaban J connectivity index is 1.38. The minimum atomic E-state index is -0.369. The minimum Gasteiger partial charge on any atom is -0.488 e. The number of amides is 1. The number of pyridine rings is 1. The SMILES string of the molecule is CC(C)Nc1cccnc1N1CCN(C(=O)c2cc3cc(OC(C)(C)CCOC(C)(C)C)ccc3[nH]2)CC1. The summed E-state index contributed by atoms with van der Waals surface area (Å²) >= 11 is 0. The molecule has 0 spiro atoms. The van der Waals surface area contributed by atoms with Crippen molar-refractivity contribution < 1.29 is 14.3 Å². The predicted octanol–water partition coefficient (Wildman–Crippen LogP) is 5.71. The topological polar surface area (TPSA) is 82.7 Å². The predicted molar refractivity (Wildman–Crippen MR) is 154 cm³/mol. The minimum absolute atomic E-state index is 0.0181. The van der Waals surface area contributed by atoms with Crippen molar-refractivity contribution in [3.05, 3.63) is 48.3 Å². The maximum atomic E-state index is 13.3. The lowest BCUT2D eigenvalue weighted by Gasteiger charge is -2.36. The summed E-state index contributed by atoms with van der Waals surface area (Å²) in [5.41, 5.74) is 2.02. The number of aromatic nitrogens is 2. The number of ether oxygens (including phenoxy) is 2. The monoisotopic (exact) mass is 521 g/mol. The quantitative estimate of drug-likeness (QED) is 0.375. The highest BCUT2D eigenvalue weighted by molar-refractivity contribution is 5.98. The molecule has 1 aliphatic heterocycles. The summed E-state index contributed by atoms with van der Waals surface area (Å²) < 4.78 is 12.2. The lowest BCUT2D eigenvalue weighted by Crippen LogP contribution is -2.49. The summed E-state index contributed by atoms with van der Waals surface area (Å²) in [5, 5.41) is 4.44. The molecule has 0 unspecified atom stereocenters. The molecule has 1 aromatic carbocycles. The van der Waals surface area contributed by atoms with Crippen LogP contribution in [0.25, 0.3) is 10.9 Å². The van der Waals surface area contributed by atoms with Gasteiger partial charge in [-0.3, -0.25) is 4.79 Å². The van der Waals surface area contributed by atoms with Gasteiger partial charge >= 0.3 is 0 Å². The Labute approximate surface area is 226 Å².